The first kappa shape index (κ1) is 20.4. The summed E-state index contributed by atoms with van der Waals surface area (Å²) in [4.78, 5) is 13.3. The molecule has 0 radical (unpaired) electrons. The van der Waals surface area contributed by atoms with E-state index in [1.54, 1.807) is 7.11 Å². The molecule has 3 aromatic rings. The van der Waals surface area contributed by atoms with Gasteiger partial charge in [-0.3, -0.25) is 4.79 Å². The lowest BCUT2D eigenvalue weighted by atomic mass is 9.92. The van der Waals surface area contributed by atoms with Crippen molar-refractivity contribution >= 4 is 5.91 Å². The largest absolute Gasteiger partial charge is 0.497 e. The first-order valence-corrected chi connectivity index (χ1v) is 11.1. The SMILES string of the molecule is COc1ccc2c(c1)OCC(C(=O)NC(c1ccccc1)c1ccc3c(c1)CCCO3)C2. The minimum Gasteiger partial charge on any atom is -0.497 e. The van der Waals surface area contributed by atoms with E-state index in [0.717, 1.165) is 53.4 Å². The number of hydrogen-bond acceptors (Lipinski definition) is 4. The normalized spacial score (nSPS) is 17.7. The van der Waals surface area contributed by atoms with Crippen LogP contribution in [0.3, 0.4) is 0 Å². The number of aryl methyl sites for hydroxylation is 1. The number of carbonyl (C=O) groups is 1. The van der Waals surface area contributed by atoms with E-state index in [-0.39, 0.29) is 17.9 Å². The van der Waals surface area contributed by atoms with E-state index >= 15 is 0 Å². The fourth-order valence-electron chi connectivity index (χ4n) is 4.47. The van der Waals surface area contributed by atoms with E-state index in [2.05, 4.69) is 29.6 Å². The van der Waals surface area contributed by atoms with Gasteiger partial charge in [0.2, 0.25) is 5.91 Å². The molecule has 2 unspecified atom stereocenters. The Morgan fingerprint density at radius 3 is 2.69 bits per heavy atom. The predicted octanol–water partition coefficient (Wildman–Crippen LogP) is 4.48. The van der Waals surface area contributed by atoms with Crippen LogP contribution in [0, 0.1) is 5.92 Å². The van der Waals surface area contributed by atoms with Crippen LogP contribution >= 0.6 is 0 Å². The van der Waals surface area contributed by atoms with Crippen LogP contribution in [0.15, 0.2) is 66.7 Å². The highest BCUT2D eigenvalue weighted by atomic mass is 16.5. The Hall–Kier alpha value is -3.47. The minimum absolute atomic E-state index is 0.00529. The van der Waals surface area contributed by atoms with Crippen molar-refractivity contribution in [2.45, 2.75) is 25.3 Å². The van der Waals surface area contributed by atoms with Crippen molar-refractivity contribution in [3.05, 3.63) is 89.0 Å². The zero-order chi connectivity index (χ0) is 21.9. The number of ether oxygens (including phenoxy) is 3. The molecule has 1 N–H and O–H groups in total. The molecule has 0 saturated heterocycles. The summed E-state index contributed by atoms with van der Waals surface area (Å²) in [6, 6.07) is 21.9. The molecule has 5 nitrogen and oxygen atoms in total. The Labute approximate surface area is 188 Å². The molecule has 5 rings (SSSR count). The van der Waals surface area contributed by atoms with Gasteiger partial charge in [-0.2, -0.15) is 0 Å². The topological polar surface area (TPSA) is 56.8 Å². The average molecular weight is 430 g/mol. The van der Waals surface area contributed by atoms with E-state index < -0.39 is 0 Å². The highest BCUT2D eigenvalue weighted by Gasteiger charge is 2.29. The molecular weight excluding hydrogens is 402 g/mol. The van der Waals surface area contributed by atoms with Crippen molar-refractivity contribution in [3.63, 3.8) is 0 Å². The fraction of sp³-hybridized carbons (Fsp3) is 0.296. The molecule has 5 heteroatoms. The second-order valence-corrected chi connectivity index (χ2v) is 8.36. The molecule has 2 atom stereocenters. The Morgan fingerprint density at radius 2 is 1.84 bits per heavy atom. The lowest BCUT2D eigenvalue weighted by Gasteiger charge is -2.28. The third-order valence-corrected chi connectivity index (χ3v) is 6.24. The van der Waals surface area contributed by atoms with Crippen LogP contribution < -0.4 is 19.5 Å². The summed E-state index contributed by atoms with van der Waals surface area (Å²) in [6.45, 7) is 1.12. The molecule has 0 aromatic heterocycles. The average Bonchev–Trinajstić information content (AvgIpc) is 2.86. The lowest BCUT2D eigenvalue weighted by Crippen LogP contribution is -2.39. The van der Waals surface area contributed by atoms with E-state index in [0.29, 0.717) is 13.0 Å². The Morgan fingerprint density at radius 1 is 0.969 bits per heavy atom. The standard InChI is InChI=1S/C27H27NO4/c1-30-23-11-9-20-15-22(17-32-25(20)16-23)27(29)28-26(18-6-3-2-4-7-18)21-10-12-24-19(14-21)8-5-13-31-24/h2-4,6-7,9-12,14,16,22,26H,5,8,13,15,17H2,1H3,(H,28,29). The Bertz CT molecular complexity index is 1110. The van der Waals surface area contributed by atoms with Crippen molar-refractivity contribution in [2.75, 3.05) is 20.3 Å². The Kier molecular flexibility index (Phi) is 5.71. The minimum atomic E-state index is -0.247. The molecule has 2 heterocycles. The number of amides is 1. The number of methoxy groups -OCH3 is 1. The first-order chi connectivity index (χ1) is 15.7. The molecule has 0 aliphatic carbocycles. The van der Waals surface area contributed by atoms with Gasteiger partial charge in [0.05, 0.1) is 25.7 Å². The van der Waals surface area contributed by atoms with Gasteiger partial charge in [-0.1, -0.05) is 42.5 Å². The second-order valence-electron chi connectivity index (χ2n) is 8.36. The van der Waals surface area contributed by atoms with Crippen LogP contribution in [0.2, 0.25) is 0 Å². The molecule has 32 heavy (non-hydrogen) atoms. The van der Waals surface area contributed by atoms with Gasteiger partial charge in [-0.25, -0.2) is 0 Å². The number of benzene rings is 3. The number of hydrogen-bond donors (Lipinski definition) is 1. The van der Waals surface area contributed by atoms with Gasteiger partial charge >= 0.3 is 0 Å². The maximum Gasteiger partial charge on any atom is 0.227 e. The zero-order valence-corrected chi connectivity index (χ0v) is 18.2. The summed E-state index contributed by atoms with van der Waals surface area (Å²) in [5, 5.41) is 3.30. The summed E-state index contributed by atoms with van der Waals surface area (Å²) in [5.74, 6) is 2.25. The molecule has 0 fully saturated rings. The van der Waals surface area contributed by atoms with Crippen LogP contribution in [0.5, 0.6) is 17.2 Å². The second kappa shape index (κ2) is 8.95. The summed E-state index contributed by atoms with van der Waals surface area (Å²) >= 11 is 0. The molecule has 2 aliphatic heterocycles. The molecule has 0 spiro atoms. The molecule has 3 aromatic carbocycles. The first-order valence-electron chi connectivity index (χ1n) is 11.1. The van der Waals surface area contributed by atoms with Crippen LogP contribution in [0.4, 0.5) is 0 Å². The smallest absolute Gasteiger partial charge is 0.227 e. The quantitative estimate of drug-likeness (QED) is 0.650. The van der Waals surface area contributed by atoms with Gasteiger partial charge in [-0.15, -0.1) is 0 Å². The van der Waals surface area contributed by atoms with E-state index in [9.17, 15) is 4.79 Å². The lowest BCUT2D eigenvalue weighted by molar-refractivity contribution is -0.126. The van der Waals surface area contributed by atoms with E-state index in [1.807, 2.05) is 42.5 Å². The van der Waals surface area contributed by atoms with Crippen molar-refractivity contribution in [2.24, 2.45) is 5.92 Å². The highest BCUT2D eigenvalue weighted by Crippen LogP contribution is 2.33. The predicted molar refractivity (Wildman–Crippen MR) is 122 cm³/mol. The molecular formula is C27H27NO4. The fourth-order valence-corrected chi connectivity index (χ4v) is 4.47. The Balaban J connectivity index is 1.39. The molecule has 2 aliphatic rings. The molecule has 164 valence electrons. The number of carbonyl (C=O) groups excluding carboxylic acids is 1. The maximum atomic E-state index is 13.3. The van der Waals surface area contributed by atoms with Crippen molar-refractivity contribution in [1.29, 1.82) is 0 Å². The van der Waals surface area contributed by atoms with Gasteiger partial charge in [0, 0.05) is 6.07 Å². The van der Waals surface area contributed by atoms with Crippen LogP contribution in [0.25, 0.3) is 0 Å². The zero-order valence-electron chi connectivity index (χ0n) is 18.2. The molecule has 0 saturated carbocycles. The van der Waals surface area contributed by atoms with E-state index in [1.165, 1.54) is 5.56 Å². The molecule has 0 bridgehead atoms. The van der Waals surface area contributed by atoms with Crippen LogP contribution in [-0.4, -0.2) is 26.2 Å². The van der Waals surface area contributed by atoms with Gasteiger partial charge in [0.15, 0.2) is 0 Å². The summed E-state index contributed by atoms with van der Waals surface area (Å²) in [7, 11) is 1.64. The number of rotatable bonds is 5. The summed E-state index contributed by atoms with van der Waals surface area (Å²) < 4.78 is 17.0. The monoisotopic (exact) mass is 429 g/mol. The third-order valence-electron chi connectivity index (χ3n) is 6.24. The van der Waals surface area contributed by atoms with Gasteiger partial charge in [0.1, 0.15) is 23.9 Å². The third kappa shape index (κ3) is 4.15. The van der Waals surface area contributed by atoms with Crippen molar-refractivity contribution in [3.8, 4) is 17.2 Å². The van der Waals surface area contributed by atoms with Crippen LogP contribution in [0.1, 0.15) is 34.7 Å². The van der Waals surface area contributed by atoms with Crippen molar-refractivity contribution < 1.29 is 19.0 Å². The highest BCUT2D eigenvalue weighted by molar-refractivity contribution is 5.80. The summed E-state index contributed by atoms with van der Waals surface area (Å²) in [5.41, 5.74) is 4.35. The number of nitrogens with one attached hydrogen (secondary N) is 1. The number of fused-ring (bicyclic) bond motifs is 2. The van der Waals surface area contributed by atoms with Crippen LogP contribution in [-0.2, 0) is 17.6 Å². The van der Waals surface area contributed by atoms with Gasteiger partial charge < -0.3 is 19.5 Å². The maximum absolute atomic E-state index is 13.3. The van der Waals surface area contributed by atoms with Gasteiger partial charge in [-0.05, 0) is 59.7 Å². The van der Waals surface area contributed by atoms with Crippen molar-refractivity contribution in [1.82, 2.24) is 5.32 Å². The summed E-state index contributed by atoms with van der Waals surface area (Å²) in [6.07, 6.45) is 2.66. The van der Waals surface area contributed by atoms with Gasteiger partial charge in [0.25, 0.3) is 0 Å². The van der Waals surface area contributed by atoms with E-state index in [4.69, 9.17) is 14.2 Å². The molecule has 1 amide bonds.